The molecule has 11 rings (SSSR count). The van der Waals surface area contributed by atoms with Crippen LogP contribution in [0, 0.1) is 23.7 Å². The Bertz CT molecular complexity index is 5090. The number of anilines is 2. The van der Waals surface area contributed by atoms with Crippen LogP contribution in [0.1, 0.15) is 273 Å². The molecule has 0 radical (unpaired) electrons. The fourth-order valence-corrected chi connectivity index (χ4v) is 16.2. The molecule has 1 saturated heterocycles. The molecule has 134 heavy (non-hydrogen) atoms. The number of aryl methyl sites for hydroxylation is 1. The lowest BCUT2D eigenvalue weighted by molar-refractivity contribution is -0.197. The molecular formula is C99H130N16O19. The summed E-state index contributed by atoms with van der Waals surface area (Å²) in [5, 5.41) is 17.7. The number of unbranched alkanes of at least 4 members (excludes halogenated alkanes) is 4. The Morgan fingerprint density at radius 3 is 1.26 bits per heavy atom. The number of ether oxygens (including phenoxy) is 2. The van der Waals surface area contributed by atoms with Gasteiger partial charge in [0, 0.05) is 186 Å². The zero-order valence-corrected chi connectivity index (χ0v) is 78.8. The quantitative estimate of drug-likeness (QED) is 0.0163. The molecule has 3 fully saturated rings. The summed E-state index contributed by atoms with van der Waals surface area (Å²) >= 11 is 0. The Morgan fingerprint density at radius 1 is 0.470 bits per heavy atom. The van der Waals surface area contributed by atoms with Crippen molar-refractivity contribution in [1.82, 2.24) is 55.9 Å². The molecule has 0 unspecified atom stereocenters. The number of rotatable bonds is 37. The number of nitrogens with zero attached hydrogens (tertiary/aromatic N) is 9. The van der Waals surface area contributed by atoms with Crippen molar-refractivity contribution < 1.29 is 91.0 Å². The Labute approximate surface area is 782 Å². The Morgan fingerprint density at radius 2 is 0.866 bits per heavy atom. The Hall–Kier alpha value is -13.1. The maximum Gasteiger partial charge on any atom is 0.413 e. The molecule has 2 saturated carbocycles. The van der Waals surface area contributed by atoms with Gasteiger partial charge in [-0.3, -0.25) is 92.7 Å². The number of alkyl carbamates (subject to hydrolysis) is 2. The van der Waals surface area contributed by atoms with Gasteiger partial charge in [0.2, 0.25) is 23.6 Å². The van der Waals surface area contributed by atoms with Gasteiger partial charge in [-0.2, -0.15) is 0 Å². The number of hydrogen-bond donors (Lipinski definition) is 7. The molecular weight excluding hydrogens is 1720 g/mol. The highest BCUT2D eigenvalue weighted by Gasteiger charge is 2.37. The van der Waals surface area contributed by atoms with Crippen molar-refractivity contribution in [2.24, 2.45) is 39.4 Å². The first kappa shape index (κ1) is 105. The summed E-state index contributed by atoms with van der Waals surface area (Å²) in [5.41, 5.74) is 10.6. The third kappa shape index (κ3) is 33.3. The van der Waals surface area contributed by atoms with Gasteiger partial charge in [-0.25, -0.2) is 24.4 Å². The molecule has 720 valence electrons. The number of Topliss-reactive ketones (excluding diaryl/α,β-unsaturated/α-hetero) is 1. The summed E-state index contributed by atoms with van der Waals surface area (Å²) in [6.07, 6.45) is 29.1. The molecule has 7 heterocycles. The summed E-state index contributed by atoms with van der Waals surface area (Å²) < 4.78 is 10.9. The van der Waals surface area contributed by atoms with Crippen LogP contribution >= 0.6 is 0 Å². The van der Waals surface area contributed by atoms with Gasteiger partial charge in [0.25, 0.3) is 47.3 Å². The normalized spacial score (nSPS) is 17.4. The summed E-state index contributed by atoms with van der Waals surface area (Å²) in [6, 6.07) is 13.6. The van der Waals surface area contributed by atoms with E-state index >= 15 is 0 Å². The van der Waals surface area contributed by atoms with E-state index in [1.807, 2.05) is 32.6 Å². The van der Waals surface area contributed by atoms with Gasteiger partial charge in [-0.1, -0.05) is 52.7 Å². The number of carbonyl (C=O) groups excluding carboxylic acids is 16. The SMILES string of the molecule is CCCN(CCC)C(=O)C1=Cc2ccc(C(=O)Nc3cncc(CCC(=O)CCCCCNC(=O)C4CCC(CN5C(=O)C=CC5=O)CC4)c3)cc2N=C(NC(=O)OC(C)(C)C)C1.CCCN(CCC)C(=O)C1=Cc2ccc(C(=O)Nc3cncc(CN)c3)cc2N=C(NC(=O)OC(C)(C)C)C1.O=C(CCCCCNC(=O)C1CCC(CN2C(=O)C=CC2=O)CC1)ON1C(=O)CCC1=O. The Balaban J connectivity index is 0.000000243. The van der Waals surface area contributed by atoms with E-state index in [2.05, 4.69) is 46.9 Å². The Kier molecular flexibility index (Phi) is 40.0. The van der Waals surface area contributed by atoms with Gasteiger partial charge in [0.15, 0.2) is 0 Å². The van der Waals surface area contributed by atoms with Gasteiger partial charge < -0.3 is 51.1 Å². The molecule has 7 aliphatic rings. The van der Waals surface area contributed by atoms with Crippen molar-refractivity contribution in [3.8, 4) is 0 Å². The van der Waals surface area contributed by atoms with Gasteiger partial charge >= 0.3 is 18.2 Å². The topological polar surface area (TPSA) is 466 Å². The van der Waals surface area contributed by atoms with E-state index in [9.17, 15) is 76.7 Å². The van der Waals surface area contributed by atoms with Gasteiger partial charge in [0.1, 0.15) is 28.7 Å². The molecule has 0 atom stereocenters. The number of aliphatic imine (C=N–C) groups is 2. The molecule has 2 aromatic carbocycles. The molecule has 8 N–H and O–H groups in total. The molecule has 14 amide bonds. The van der Waals surface area contributed by atoms with Crippen molar-refractivity contribution in [2.75, 3.05) is 63.0 Å². The van der Waals surface area contributed by atoms with Gasteiger partial charge in [-0.05, 0) is 222 Å². The second kappa shape index (κ2) is 51.2. The van der Waals surface area contributed by atoms with Crippen molar-refractivity contribution in [2.45, 2.75) is 254 Å². The number of pyridine rings is 2. The van der Waals surface area contributed by atoms with Crippen LogP contribution in [-0.2, 0) is 84.8 Å². The molecule has 2 aromatic heterocycles. The summed E-state index contributed by atoms with van der Waals surface area (Å²) in [7, 11) is 0. The number of ketones is 1. The van der Waals surface area contributed by atoms with E-state index in [0.717, 1.165) is 107 Å². The largest absolute Gasteiger partial charge is 0.444 e. The van der Waals surface area contributed by atoms with Crippen LogP contribution < -0.4 is 37.6 Å². The summed E-state index contributed by atoms with van der Waals surface area (Å²) in [6.45, 7) is 23.3. The minimum absolute atomic E-state index is 0.0175. The number of benzene rings is 2. The average Bonchev–Trinajstić information content (AvgIpc) is 1.68. The lowest BCUT2D eigenvalue weighted by atomic mass is 9.81. The maximum absolute atomic E-state index is 13.7. The molecule has 4 aromatic rings. The number of carbonyl (C=O) groups is 16. The lowest BCUT2D eigenvalue weighted by Gasteiger charge is -2.30. The monoisotopic (exact) mass is 1850 g/mol. The fourth-order valence-electron chi connectivity index (χ4n) is 16.2. The third-order valence-corrected chi connectivity index (χ3v) is 23.0. The van der Waals surface area contributed by atoms with Crippen LogP contribution in [0.5, 0.6) is 0 Å². The zero-order valence-electron chi connectivity index (χ0n) is 78.8. The standard InChI is InChI=1S/C48H63N7O8.C29H38N6O4.C22H29N3O7/c1-6-23-54(24-7-2)46(61)37-26-35-17-18-36(27-40(35)52-41(28-37)53-47(62)63-48(3,4)5)45(60)51-38-25-33(29-49-30-38)14-19-39(56)11-9-8-10-22-50-44(59)34-15-12-32(13-16-34)31-55-42(57)20-21-43(55)58;1-6-10-35(11-7-2)27(37)22-13-20-8-9-21(26(36)32-23-12-19(16-30)17-31-18-23)14-24(20)33-25(15-22)34-28(38)39-29(3,4)5;26-17-9-10-18(27)24(17)14-15-5-7-16(8-6-15)22(31)23-13-3-1-2-4-21(30)32-25-19(28)11-12-20(25)29/h17-18,20-21,25-27,29-30,32,34H,6-16,19,22-24,28,31H2,1-5H3,(H,50,59)(H,51,60)(H,52,53,62);8-9,12-14,17-18H,6-7,10-11,15-16,30H2,1-5H3,(H,32,36)(H,33,34,38);9-10,15-16H,1-8,11-14H2,(H,23,31). The first-order valence-electron chi connectivity index (χ1n) is 46.8. The summed E-state index contributed by atoms with van der Waals surface area (Å²) in [5.74, 6) is -2.63. The van der Waals surface area contributed by atoms with E-state index in [0.29, 0.717) is 159 Å². The highest BCUT2D eigenvalue weighted by molar-refractivity contribution is 6.15. The molecule has 0 spiro atoms. The number of imide groups is 3. The van der Waals surface area contributed by atoms with Crippen molar-refractivity contribution in [3.63, 3.8) is 0 Å². The summed E-state index contributed by atoms with van der Waals surface area (Å²) in [4.78, 5) is 227. The third-order valence-electron chi connectivity index (χ3n) is 23.0. The fraction of sp³-hybridized carbons (Fsp3) is 0.515. The van der Waals surface area contributed by atoms with E-state index in [-0.39, 0.29) is 126 Å². The minimum atomic E-state index is -0.747. The molecule has 5 aliphatic heterocycles. The second-order valence-corrected chi connectivity index (χ2v) is 36.4. The van der Waals surface area contributed by atoms with E-state index < -0.39 is 47.1 Å². The van der Waals surface area contributed by atoms with E-state index in [1.165, 1.54) is 40.3 Å². The van der Waals surface area contributed by atoms with Crippen LogP contribution in [0.15, 0.2) is 119 Å². The average molecular weight is 1850 g/mol. The van der Waals surface area contributed by atoms with Crippen LogP contribution in [0.2, 0.25) is 0 Å². The maximum atomic E-state index is 13.7. The van der Waals surface area contributed by atoms with Gasteiger partial charge in [-0.15, -0.1) is 5.06 Å². The minimum Gasteiger partial charge on any atom is -0.444 e. The van der Waals surface area contributed by atoms with E-state index in [1.54, 1.807) is 126 Å². The lowest BCUT2D eigenvalue weighted by Crippen LogP contribution is -2.38. The number of nitrogens with two attached hydrogens (primary N) is 1. The highest BCUT2D eigenvalue weighted by atomic mass is 16.7. The number of amides is 14. The van der Waals surface area contributed by atoms with Crippen LogP contribution in [0.25, 0.3) is 12.2 Å². The first-order valence-corrected chi connectivity index (χ1v) is 46.8. The number of aromatic nitrogens is 2. The van der Waals surface area contributed by atoms with Crippen LogP contribution in [-0.4, -0.2) is 205 Å². The number of nitrogens with one attached hydrogen (secondary N) is 6. The molecule has 35 heteroatoms. The van der Waals surface area contributed by atoms with Crippen molar-refractivity contribution in [3.05, 3.63) is 142 Å². The van der Waals surface area contributed by atoms with E-state index in [4.69, 9.17) is 25.0 Å². The van der Waals surface area contributed by atoms with Gasteiger partial charge in [0.05, 0.1) is 35.1 Å². The molecule has 0 bridgehead atoms. The second-order valence-electron chi connectivity index (χ2n) is 36.4. The number of amidine groups is 2. The van der Waals surface area contributed by atoms with Crippen molar-refractivity contribution in [1.29, 1.82) is 0 Å². The van der Waals surface area contributed by atoms with Crippen LogP contribution in [0.4, 0.5) is 32.3 Å². The van der Waals surface area contributed by atoms with Crippen molar-refractivity contribution >= 4 is 141 Å². The number of hydroxylamine groups is 2. The zero-order chi connectivity index (χ0) is 97.2. The first-order chi connectivity index (χ1) is 64.0. The number of fused-ring (bicyclic) bond motifs is 2. The number of hydrogen-bond acceptors (Lipinski definition) is 24. The molecule has 35 nitrogen and oxygen atoms in total. The smallest absolute Gasteiger partial charge is 0.413 e. The van der Waals surface area contributed by atoms with Crippen LogP contribution in [0.3, 0.4) is 0 Å². The highest BCUT2D eigenvalue weighted by Crippen LogP contribution is 2.35. The predicted molar refractivity (Wildman–Crippen MR) is 504 cm³/mol. The molecule has 2 aliphatic carbocycles. The predicted octanol–water partition coefficient (Wildman–Crippen LogP) is 13.0.